The van der Waals surface area contributed by atoms with E-state index in [0.717, 1.165) is 18.4 Å². The summed E-state index contributed by atoms with van der Waals surface area (Å²) in [7, 11) is 0. The fourth-order valence-corrected chi connectivity index (χ4v) is 4.58. The second kappa shape index (κ2) is 10.2. The number of piperidine rings is 1. The number of ketones is 1. The number of rotatable bonds is 6. The van der Waals surface area contributed by atoms with Crippen LogP contribution in [-0.2, 0) is 9.59 Å². The average molecular weight is 423 g/mol. The maximum atomic E-state index is 14.5. The van der Waals surface area contributed by atoms with Gasteiger partial charge in [-0.15, -0.1) is 12.4 Å². The maximum absolute atomic E-state index is 14.5. The van der Waals surface area contributed by atoms with Crippen LogP contribution in [0, 0.1) is 23.1 Å². The molecule has 1 saturated heterocycles. The maximum Gasteiger partial charge on any atom is 0.186 e. The minimum absolute atomic E-state index is 0. The summed E-state index contributed by atoms with van der Waals surface area (Å²) in [6, 6.07) is 7.98. The molecule has 3 rings (SSSR count). The van der Waals surface area contributed by atoms with Gasteiger partial charge in [-0.05, 0) is 30.9 Å². The topological polar surface area (TPSA) is 61.2 Å². The fourth-order valence-electron chi connectivity index (χ4n) is 3.63. The third kappa shape index (κ3) is 5.44. The lowest BCUT2D eigenvalue weighted by Crippen LogP contribution is -2.43. The molecule has 1 heterocycles. The molecule has 150 valence electrons. The van der Waals surface area contributed by atoms with E-state index in [4.69, 9.17) is 5.26 Å². The summed E-state index contributed by atoms with van der Waals surface area (Å²) < 4.78 is 14.5. The number of benzene rings is 1. The van der Waals surface area contributed by atoms with Gasteiger partial charge in [0.05, 0.1) is 18.5 Å². The molecule has 2 aliphatic rings. The van der Waals surface area contributed by atoms with Crippen molar-refractivity contribution in [3.05, 3.63) is 47.3 Å². The standard InChI is InChI=1S/C21H23FN2O2S.ClH/c1-14(25)27-19-10-12-24(13-16(19)5-4-11-23)20(21(26)15-8-9-15)17-6-2-3-7-18(17)22;/h2-3,5-7,15,19-20H,4,8-10,12-13H2,1H3;1H. The van der Waals surface area contributed by atoms with Crippen molar-refractivity contribution in [2.45, 2.75) is 43.9 Å². The Labute approximate surface area is 175 Å². The molecule has 2 fully saturated rings. The van der Waals surface area contributed by atoms with E-state index in [0.29, 0.717) is 25.1 Å². The number of allylic oxidation sites excluding steroid dienone is 1. The van der Waals surface area contributed by atoms with Crippen molar-refractivity contribution in [1.29, 1.82) is 5.26 Å². The molecule has 0 bridgehead atoms. The minimum Gasteiger partial charge on any atom is -0.297 e. The second-order valence-corrected chi connectivity index (χ2v) is 8.48. The first kappa shape index (κ1) is 22.6. The number of nitriles is 1. The largest absolute Gasteiger partial charge is 0.297 e. The van der Waals surface area contributed by atoms with Crippen LogP contribution in [-0.4, -0.2) is 34.1 Å². The minimum atomic E-state index is -0.604. The first-order valence-electron chi connectivity index (χ1n) is 9.26. The number of nitrogens with zero attached hydrogens (tertiary/aromatic N) is 2. The molecular formula is C21H24ClFN2O2S. The highest BCUT2D eigenvalue weighted by Gasteiger charge is 2.41. The molecule has 2 atom stereocenters. The van der Waals surface area contributed by atoms with E-state index in [9.17, 15) is 14.0 Å². The van der Waals surface area contributed by atoms with Gasteiger partial charge in [-0.3, -0.25) is 14.5 Å². The monoisotopic (exact) mass is 422 g/mol. The number of carbonyl (C=O) groups excluding carboxylic acids is 2. The van der Waals surface area contributed by atoms with Gasteiger partial charge in [-0.1, -0.05) is 36.0 Å². The Morgan fingerprint density at radius 1 is 1.36 bits per heavy atom. The molecule has 1 aliphatic heterocycles. The summed E-state index contributed by atoms with van der Waals surface area (Å²) in [6.07, 6.45) is 4.56. The molecule has 4 nitrogen and oxygen atoms in total. The normalized spacial score (nSPS) is 22.2. The van der Waals surface area contributed by atoms with E-state index in [1.165, 1.54) is 24.8 Å². The van der Waals surface area contributed by atoms with Crippen molar-refractivity contribution in [3.8, 4) is 6.07 Å². The van der Waals surface area contributed by atoms with Crippen molar-refractivity contribution >= 4 is 35.1 Å². The predicted molar refractivity (Wildman–Crippen MR) is 111 cm³/mol. The van der Waals surface area contributed by atoms with Crippen molar-refractivity contribution in [1.82, 2.24) is 4.90 Å². The van der Waals surface area contributed by atoms with Crippen LogP contribution in [0.1, 0.15) is 44.2 Å². The molecule has 0 N–H and O–H groups in total. The van der Waals surface area contributed by atoms with E-state index in [-0.39, 0.29) is 46.7 Å². The van der Waals surface area contributed by atoms with Crippen LogP contribution in [0.5, 0.6) is 0 Å². The summed E-state index contributed by atoms with van der Waals surface area (Å²) >= 11 is 1.27. The number of carbonyl (C=O) groups is 2. The van der Waals surface area contributed by atoms with Gasteiger partial charge < -0.3 is 0 Å². The van der Waals surface area contributed by atoms with Gasteiger partial charge in [-0.2, -0.15) is 5.26 Å². The molecule has 1 saturated carbocycles. The lowest BCUT2D eigenvalue weighted by Gasteiger charge is -2.38. The van der Waals surface area contributed by atoms with Crippen LogP contribution in [0.4, 0.5) is 4.39 Å². The smallest absolute Gasteiger partial charge is 0.186 e. The van der Waals surface area contributed by atoms with Crippen molar-refractivity contribution in [2.24, 2.45) is 5.92 Å². The quantitative estimate of drug-likeness (QED) is 0.633. The first-order valence-corrected chi connectivity index (χ1v) is 10.1. The van der Waals surface area contributed by atoms with Crippen LogP contribution in [0.25, 0.3) is 0 Å². The molecule has 28 heavy (non-hydrogen) atoms. The summed E-state index contributed by atoms with van der Waals surface area (Å²) in [4.78, 5) is 26.6. The zero-order valence-corrected chi connectivity index (χ0v) is 17.4. The van der Waals surface area contributed by atoms with E-state index in [1.54, 1.807) is 18.2 Å². The Hall–Kier alpha value is -1.68. The first-order chi connectivity index (χ1) is 13.0. The lowest BCUT2D eigenvalue weighted by molar-refractivity contribution is -0.126. The van der Waals surface area contributed by atoms with Crippen LogP contribution < -0.4 is 0 Å². The van der Waals surface area contributed by atoms with Gasteiger partial charge in [0, 0.05) is 36.7 Å². The van der Waals surface area contributed by atoms with E-state index in [2.05, 4.69) is 6.07 Å². The van der Waals surface area contributed by atoms with Gasteiger partial charge in [0.15, 0.2) is 10.9 Å². The van der Waals surface area contributed by atoms with Gasteiger partial charge in [0.1, 0.15) is 5.82 Å². The summed E-state index contributed by atoms with van der Waals surface area (Å²) in [5.41, 5.74) is 1.40. The Morgan fingerprint density at radius 3 is 2.68 bits per heavy atom. The average Bonchev–Trinajstić information content (AvgIpc) is 3.48. The van der Waals surface area contributed by atoms with Crippen LogP contribution in [0.3, 0.4) is 0 Å². The zero-order chi connectivity index (χ0) is 19.4. The molecular weight excluding hydrogens is 399 g/mol. The van der Waals surface area contributed by atoms with Crippen LogP contribution in [0.2, 0.25) is 0 Å². The number of likely N-dealkylation sites (tertiary alicyclic amines) is 1. The Morgan fingerprint density at radius 2 is 2.07 bits per heavy atom. The molecule has 7 heteroatoms. The van der Waals surface area contributed by atoms with Gasteiger partial charge in [0.25, 0.3) is 0 Å². The van der Waals surface area contributed by atoms with E-state index >= 15 is 0 Å². The molecule has 0 spiro atoms. The molecule has 0 amide bonds. The molecule has 0 radical (unpaired) electrons. The second-order valence-electron chi connectivity index (χ2n) is 7.10. The Bertz CT molecular complexity index is 804. The predicted octanol–water partition coefficient (Wildman–Crippen LogP) is 4.46. The third-order valence-corrected chi connectivity index (χ3v) is 6.21. The number of hydrogen-bond acceptors (Lipinski definition) is 5. The van der Waals surface area contributed by atoms with Crippen molar-refractivity contribution < 1.29 is 14.0 Å². The van der Waals surface area contributed by atoms with Gasteiger partial charge in [-0.25, -0.2) is 4.39 Å². The molecule has 1 aromatic rings. The Balaban J connectivity index is 0.00000280. The van der Waals surface area contributed by atoms with Crippen molar-refractivity contribution in [2.75, 3.05) is 13.1 Å². The van der Waals surface area contributed by atoms with Gasteiger partial charge in [0.2, 0.25) is 0 Å². The number of hydrogen-bond donors (Lipinski definition) is 0. The molecule has 2 unspecified atom stereocenters. The highest BCUT2D eigenvalue weighted by atomic mass is 35.5. The van der Waals surface area contributed by atoms with E-state index in [1.807, 2.05) is 11.0 Å². The van der Waals surface area contributed by atoms with E-state index < -0.39 is 6.04 Å². The number of Topliss-reactive ketones (excluding diaryl/α,β-unsaturated/α-hetero) is 1. The van der Waals surface area contributed by atoms with Crippen LogP contribution >= 0.6 is 24.2 Å². The number of halogens is 2. The molecule has 1 aliphatic carbocycles. The zero-order valence-electron chi connectivity index (χ0n) is 15.8. The summed E-state index contributed by atoms with van der Waals surface area (Å²) in [5.74, 6) is -0.262. The Kier molecular flexibility index (Phi) is 8.23. The molecule has 1 aromatic carbocycles. The summed E-state index contributed by atoms with van der Waals surface area (Å²) in [6.45, 7) is 2.63. The SMILES string of the molecule is CC(=O)SC1CCN(C(C(=O)C2CC2)c2ccccc2F)CC1=CCC#N.Cl. The number of thioether (sulfide) groups is 1. The van der Waals surface area contributed by atoms with Crippen molar-refractivity contribution in [3.63, 3.8) is 0 Å². The third-order valence-electron chi connectivity index (χ3n) is 5.06. The lowest BCUT2D eigenvalue weighted by atomic mass is 9.93. The van der Waals surface area contributed by atoms with Crippen LogP contribution in [0.15, 0.2) is 35.9 Å². The highest BCUT2D eigenvalue weighted by molar-refractivity contribution is 8.14. The molecule has 0 aromatic heterocycles. The van der Waals surface area contributed by atoms with Gasteiger partial charge >= 0.3 is 0 Å². The highest BCUT2D eigenvalue weighted by Crippen LogP contribution is 2.40. The fraction of sp³-hybridized carbons (Fsp3) is 0.476. The summed E-state index contributed by atoms with van der Waals surface area (Å²) in [5, 5.41) is 8.99.